The molecule has 0 aliphatic rings. The standard InChI is InChI=1S/C9H11O2/c1-2-11-9(10)8-6-4-3-5-7-8/h3-7,9-10H,1-2H2. The van der Waals surface area contributed by atoms with Crippen LogP contribution in [0.15, 0.2) is 30.3 Å². The zero-order chi connectivity index (χ0) is 8.10. The molecule has 2 nitrogen and oxygen atoms in total. The second-order valence-electron chi connectivity index (χ2n) is 2.13. The van der Waals surface area contributed by atoms with Crippen LogP contribution >= 0.6 is 0 Å². The Bertz CT molecular complexity index is 196. The molecule has 0 amide bonds. The minimum atomic E-state index is -0.839. The molecule has 1 rings (SSSR count). The average Bonchev–Trinajstić information content (AvgIpc) is 2.07. The summed E-state index contributed by atoms with van der Waals surface area (Å²) in [5.74, 6) is 0. The van der Waals surface area contributed by atoms with Crippen LogP contribution in [0, 0.1) is 6.92 Å². The molecule has 0 aliphatic carbocycles. The predicted molar refractivity (Wildman–Crippen MR) is 42.7 cm³/mol. The van der Waals surface area contributed by atoms with Crippen LogP contribution < -0.4 is 0 Å². The second-order valence-corrected chi connectivity index (χ2v) is 2.13. The number of ether oxygens (including phenoxy) is 1. The molecule has 0 bridgehead atoms. The smallest absolute Gasteiger partial charge is 0.181 e. The van der Waals surface area contributed by atoms with E-state index in [1.54, 1.807) is 12.1 Å². The van der Waals surface area contributed by atoms with E-state index in [1.807, 2.05) is 18.2 Å². The van der Waals surface area contributed by atoms with Crippen LogP contribution in [-0.4, -0.2) is 11.7 Å². The number of aliphatic hydroxyl groups is 1. The number of hydrogen-bond donors (Lipinski definition) is 1. The van der Waals surface area contributed by atoms with Crippen molar-refractivity contribution in [2.45, 2.75) is 6.29 Å². The maximum atomic E-state index is 9.26. The molecule has 0 saturated carbocycles. The van der Waals surface area contributed by atoms with Gasteiger partial charge in [-0.15, -0.1) is 0 Å². The van der Waals surface area contributed by atoms with Crippen molar-refractivity contribution in [3.8, 4) is 0 Å². The van der Waals surface area contributed by atoms with E-state index in [4.69, 9.17) is 4.74 Å². The minimum absolute atomic E-state index is 0.274. The molecule has 0 fully saturated rings. The van der Waals surface area contributed by atoms with Gasteiger partial charge in [-0.3, -0.25) is 0 Å². The SMILES string of the molecule is [CH2]COC(O)c1ccccc1. The van der Waals surface area contributed by atoms with Crippen molar-refractivity contribution in [3.05, 3.63) is 42.8 Å². The Balaban J connectivity index is 2.61. The summed E-state index contributed by atoms with van der Waals surface area (Å²) in [5, 5.41) is 9.26. The summed E-state index contributed by atoms with van der Waals surface area (Å²) in [7, 11) is 0. The van der Waals surface area contributed by atoms with E-state index < -0.39 is 6.29 Å². The third-order valence-electron chi connectivity index (χ3n) is 1.36. The number of benzene rings is 1. The molecular formula is C9H11O2. The Morgan fingerprint density at radius 3 is 2.55 bits per heavy atom. The van der Waals surface area contributed by atoms with Crippen LogP contribution in [0.2, 0.25) is 0 Å². The molecule has 0 aliphatic heterocycles. The third kappa shape index (κ3) is 2.33. The molecule has 2 heteroatoms. The molecule has 0 heterocycles. The third-order valence-corrected chi connectivity index (χ3v) is 1.36. The lowest BCUT2D eigenvalue weighted by molar-refractivity contribution is -0.0927. The van der Waals surface area contributed by atoms with Gasteiger partial charge in [0.1, 0.15) is 0 Å². The lowest BCUT2D eigenvalue weighted by Crippen LogP contribution is -2.01. The highest BCUT2D eigenvalue weighted by Gasteiger charge is 2.03. The van der Waals surface area contributed by atoms with Crippen LogP contribution in [0.25, 0.3) is 0 Å². The molecule has 0 aromatic heterocycles. The first-order valence-corrected chi connectivity index (χ1v) is 3.48. The topological polar surface area (TPSA) is 29.5 Å². The van der Waals surface area contributed by atoms with Crippen molar-refractivity contribution < 1.29 is 9.84 Å². The maximum absolute atomic E-state index is 9.26. The van der Waals surface area contributed by atoms with Crippen LogP contribution in [0.5, 0.6) is 0 Å². The molecule has 1 aromatic rings. The molecule has 1 radical (unpaired) electrons. The number of rotatable bonds is 3. The Morgan fingerprint density at radius 2 is 2.00 bits per heavy atom. The van der Waals surface area contributed by atoms with Crippen molar-refractivity contribution in [1.29, 1.82) is 0 Å². The molecule has 0 spiro atoms. The van der Waals surface area contributed by atoms with Crippen LogP contribution in [0.1, 0.15) is 11.9 Å². The van der Waals surface area contributed by atoms with E-state index in [0.29, 0.717) is 0 Å². The average molecular weight is 151 g/mol. The van der Waals surface area contributed by atoms with Crippen LogP contribution in [-0.2, 0) is 4.74 Å². The Hall–Kier alpha value is -0.860. The fraction of sp³-hybridized carbons (Fsp3) is 0.222. The first-order chi connectivity index (χ1) is 5.34. The molecule has 11 heavy (non-hydrogen) atoms. The first kappa shape index (κ1) is 8.24. The van der Waals surface area contributed by atoms with Crippen LogP contribution in [0.4, 0.5) is 0 Å². The van der Waals surface area contributed by atoms with E-state index in [0.717, 1.165) is 5.56 Å². The summed E-state index contributed by atoms with van der Waals surface area (Å²) in [6.07, 6.45) is -0.839. The highest BCUT2D eigenvalue weighted by atomic mass is 16.6. The van der Waals surface area contributed by atoms with Crippen molar-refractivity contribution in [3.63, 3.8) is 0 Å². The Morgan fingerprint density at radius 1 is 1.36 bits per heavy atom. The highest BCUT2D eigenvalue weighted by Crippen LogP contribution is 2.12. The van der Waals surface area contributed by atoms with Crippen molar-refractivity contribution >= 4 is 0 Å². The first-order valence-electron chi connectivity index (χ1n) is 3.48. The van der Waals surface area contributed by atoms with Crippen molar-refractivity contribution in [2.75, 3.05) is 6.61 Å². The Labute approximate surface area is 66.4 Å². The monoisotopic (exact) mass is 151 g/mol. The lowest BCUT2D eigenvalue weighted by atomic mass is 10.2. The second kappa shape index (κ2) is 4.11. The van der Waals surface area contributed by atoms with E-state index in [9.17, 15) is 5.11 Å². The minimum Gasteiger partial charge on any atom is -0.364 e. The van der Waals surface area contributed by atoms with E-state index >= 15 is 0 Å². The molecule has 59 valence electrons. The molecular weight excluding hydrogens is 140 g/mol. The van der Waals surface area contributed by atoms with E-state index in [1.165, 1.54) is 0 Å². The van der Waals surface area contributed by atoms with Gasteiger partial charge < -0.3 is 9.84 Å². The zero-order valence-corrected chi connectivity index (χ0v) is 6.23. The molecule has 1 aromatic carbocycles. The van der Waals surface area contributed by atoms with E-state index in [-0.39, 0.29) is 6.61 Å². The van der Waals surface area contributed by atoms with Gasteiger partial charge in [-0.05, 0) is 6.92 Å². The normalized spacial score (nSPS) is 12.9. The fourth-order valence-electron chi connectivity index (χ4n) is 0.826. The number of aliphatic hydroxyl groups excluding tert-OH is 1. The van der Waals surface area contributed by atoms with Gasteiger partial charge in [0.15, 0.2) is 6.29 Å². The molecule has 1 N–H and O–H groups in total. The van der Waals surface area contributed by atoms with Gasteiger partial charge in [0.2, 0.25) is 0 Å². The quantitative estimate of drug-likeness (QED) is 0.664. The lowest BCUT2D eigenvalue weighted by Gasteiger charge is -2.09. The molecule has 1 atom stereocenters. The van der Waals surface area contributed by atoms with Gasteiger partial charge >= 0.3 is 0 Å². The van der Waals surface area contributed by atoms with Gasteiger partial charge in [0.05, 0.1) is 6.61 Å². The molecule has 1 unspecified atom stereocenters. The summed E-state index contributed by atoms with van der Waals surface area (Å²) < 4.78 is 4.87. The summed E-state index contributed by atoms with van der Waals surface area (Å²) in [6, 6.07) is 9.21. The maximum Gasteiger partial charge on any atom is 0.181 e. The van der Waals surface area contributed by atoms with Gasteiger partial charge in [-0.1, -0.05) is 30.3 Å². The molecule has 0 saturated heterocycles. The Kier molecular flexibility index (Phi) is 3.08. The number of hydrogen-bond acceptors (Lipinski definition) is 2. The summed E-state index contributed by atoms with van der Waals surface area (Å²) in [5.41, 5.74) is 0.760. The van der Waals surface area contributed by atoms with Gasteiger partial charge in [-0.2, -0.15) is 0 Å². The predicted octanol–water partition coefficient (Wildman–Crippen LogP) is 1.53. The van der Waals surface area contributed by atoms with E-state index in [2.05, 4.69) is 6.92 Å². The highest BCUT2D eigenvalue weighted by molar-refractivity contribution is 5.15. The van der Waals surface area contributed by atoms with Gasteiger partial charge in [0, 0.05) is 5.56 Å². The fourth-order valence-corrected chi connectivity index (χ4v) is 0.826. The summed E-state index contributed by atoms with van der Waals surface area (Å²) in [4.78, 5) is 0. The van der Waals surface area contributed by atoms with Crippen molar-refractivity contribution in [1.82, 2.24) is 0 Å². The van der Waals surface area contributed by atoms with Crippen molar-refractivity contribution in [2.24, 2.45) is 0 Å². The summed E-state index contributed by atoms with van der Waals surface area (Å²) >= 11 is 0. The summed E-state index contributed by atoms with van der Waals surface area (Å²) in [6.45, 7) is 3.74. The largest absolute Gasteiger partial charge is 0.364 e. The zero-order valence-electron chi connectivity index (χ0n) is 6.23. The van der Waals surface area contributed by atoms with Crippen LogP contribution in [0.3, 0.4) is 0 Å². The van der Waals surface area contributed by atoms with Gasteiger partial charge in [0.25, 0.3) is 0 Å². The van der Waals surface area contributed by atoms with Gasteiger partial charge in [-0.25, -0.2) is 0 Å².